The van der Waals surface area contributed by atoms with Gasteiger partial charge in [0.05, 0.1) is 47.9 Å². The number of methoxy groups -OCH3 is 2. The maximum Gasteiger partial charge on any atom is 0.218 e. The standard InChI is InChI=1S/C34H36Cl2N4O4/c1-43-33-21(17-39-15-13-23(41)19-39)9-11-29(37-33)27-7-3-5-25(31(27)35)26-6-4-8-28(32(26)36)30-12-10-22(34(38-30)44-2)18-40-16-14-24(42)20-40/h3-12,23-24,41-42H,13-20H2,1-2H3/t23-,24-/m0/s1. The van der Waals surface area contributed by atoms with Gasteiger partial charge in [0.15, 0.2) is 0 Å². The van der Waals surface area contributed by atoms with Crippen molar-refractivity contribution in [2.24, 2.45) is 0 Å². The zero-order valence-corrected chi connectivity index (χ0v) is 26.4. The van der Waals surface area contributed by atoms with Gasteiger partial charge >= 0.3 is 0 Å². The van der Waals surface area contributed by atoms with E-state index < -0.39 is 0 Å². The van der Waals surface area contributed by atoms with E-state index in [1.807, 2.05) is 60.7 Å². The Morgan fingerprint density at radius 1 is 0.659 bits per heavy atom. The van der Waals surface area contributed by atoms with Crippen molar-refractivity contribution in [1.29, 1.82) is 0 Å². The van der Waals surface area contributed by atoms with Gasteiger partial charge in [0.1, 0.15) is 0 Å². The zero-order chi connectivity index (χ0) is 30.8. The molecule has 2 aliphatic heterocycles. The molecule has 8 nitrogen and oxygen atoms in total. The molecule has 2 fully saturated rings. The number of hydrogen-bond donors (Lipinski definition) is 2. The van der Waals surface area contributed by atoms with Crippen LogP contribution in [0.25, 0.3) is 33.6 Å². The number of ether oxygens (including phenoxy) is 2. The van der Waals surface area contributed by atoms with Crippen LogP contribution in [-0.4, -0.2) is 82.6 Å². The van der Waals surface area contributed by atoms with Crippen LogP contribution in [0.3, 0.4) is 0 Å². The summed E-state index contributed by atoms with van der Waals surface area (Å²) in [5, 5.41) is 20.9. The first-order valence-corrected chi connectivity index (χ1v) is 15.6. The van der Waals surface area contributed by atoms with Gasteiger partial charge in [-0.3, -0.25) is 9.80 Å². The van der Waals surface area contributed by atoms with Crippen LogP contribution in [0.1, 0.15) is 24.0 Å². The Labute approximate surface area is 267 Å². The zero-order valence-electron chi connectivity index (χ0n) is 24.8. The predicted octanol–water partition coefficient (Wildman–Crippen LogP) is 5.93. The molecular formula is C34H36Cl2N4O4. The Morgan fingerprint density at radius 2 is 1.07 bits per heavy atom. The van der Waals surface area contributed by atoms with Crippen LogP contribution in [0.15, 0.2) is 60.7 Å². The van der Waals surface area contributed by atoms with E-state index >= 15 is 0 Å². The molecule has 2 aromatic carbocycles. The molecule has 0 aliphatic carbocycles. The third-order valence-electron chi connectivity index (χ3n) is 8.39. The van der Waals surface area contributed by atoms with E-state index in [2.05, 4.69) is 9.80 Å². The SMILES string of the molecule is COc1nc(-c2cccc(-c3cccc(-c4ccc(CN5CC[C@H](O)C5)c(OC)n4)c3Cl)c2Cl)ccc1CN1CC[C@H](O)C1. The van der Waals surface area contributed by atoms with Gasteiger partial charge in [-0.2, -0.15) is 0 Å². The van der Waals surface area contributed by atoms with Gasteiger partial charge in [0, 0.05) is 72.6 Å². The van der Waals surface area contributed by atoms with Gasteiger partial charge < -0.3 is 19.7 Å². The van der Waals surface area contributed by atoms with Crippen molar-refractivity contribution in [2.45, 2.75) is 38.1 Å². The van der Waals surface area contributed by atoms with Gasteiger partial charge in [-0.25, -0.2) is 9.97 Å². The highest BCUT2D eigenvalue weighted by Crippen LogP contribution is 2.42. The Kier molecular flexibility index (Phi) is 9.37. The van der Waals surface area contributed by atoms with Gasteiger partial charge in [0.2, 0.25) is 11.8 Å². The predicted molar refractivity (Wildman–Crippen MR) is 173 cm³/mol. The first kappa shape index (κ1) is 30.8. The number of benzene rings is 2. The van der Waals surface area contributed by atoms with Gasteiger partial charge in [-0.05, 0) is 25.0 Å². The largest absolute Gasteiger partial charge is 0.481 e. The van der Waals surface area contributed by atoms with Crippen LogP contribution in [0.2, 0.25) is 10.0 Å². The molecule has 4 aromatic rings. The van der Waals surface area contributed by atoms with Crippen molar-refractivity contribution < 1.29 is 19.7 Å². The highest BCUT2D eigenvalue weighted by molar-refractivity contribution is 6.39. The first-order chi connectivity index (χ1) is 21.3. The van der Waals surface area contributed by atoms with Crippen molar-refractivity contribution >= 4 is 23.2 Å². The lowest BCUT2D eigenvalue weighted by atomic mass is 9.98. The van der Waals surface area contributed by atoms with Crippen LogP contribution >= 0.6 is 23.2 Å². The van der Waals surface area contributed by atoms with Crippen LogP contribution in [0.5, 0.6) is 11.8 Å². The minimum absolute atomic E-state index is 0.284. The summed E-state index contributed by atoms with van der Waals surface area (Å²) in [5.74, 6) is 1.07. The monoisotopic (exact) mass is 634 g/mol. The van der Waals surface area contributed by atoms with E-state index in [-0.39, 0.29) is 12.2 Å². The van der Waals surface area contributed by atoms with E-state index in [9.17, 15) is 10.2 Å². The number of likely N-dealkylation sites (tertiary alicyclic amines) is 2. The molecule has 2 N–H and O–H groups in total. The van der Waals surface area contributed by atoms with E-state index in [4.69, 9.17) is 42.6 Å². The molecule has 230 valence electrons. The van der Waals surface area contributed by atoms with Crippen LogP contribution in [0.4, 0.5) is 0 Å². The number of halogens is 2. The van der Waals surface area contributed by atoms with Crippen molar-refractivity contribution in [3.63, 3.8) is 0 Å². The molecule has 2 atom stereocenters. The lowest BCUT2D eigenvalue weighted by Gasteiger charge is -2.18. The van der Waals surface area contributed by atoms with Gasteiger partial charge in [-0.1, -0.05) is 71.7 Å². The molecule has 2 aliphatic rings. The highest BCUT2D eigenvalue weighted by Gasteiger charge is 2.24. The lowest BCUT2D eigenvalue weighted by molar-refractivity contribution is 0.174. The number of aromatic nitrogens is 2. The Balaban J connectivity index is 1.29. The number of rotatable bonds is 9. The van der Waals surface area contributed by atoms with Gasteiger partial charge in [0.25, 0.3) is 0 Å². The molecule has 2 saturated heterocycles. The fourth-order valence-electron chi connectivity index (χ4n) is 6.10. The number of pyridine rings is 2. The molecule has 4 heterocycles. The highest BCUT2D eigenvalue weighted by atomic mass is 35.5. The number of nitrogens with zero attached hydrogens (tertiary/aromatic N) is 4. The number of β-amino-alcohol motifs (C(OH)–C–C–N with tert-alkyl or cyclic N) is 2. The molecule has 0 saturated carbocycles. The fraction of sp³-hybridized carbons (Fsp3) is 0.353. The first-order valence-electron chi connectivity index (χ1n) is 14.8. The van der Waals surface area contributed by atoms with E-state index in [1.54, 1.807) is 14.2 Å². The molecular weight excluding hydrogens is 599 g/mol. The maximum atomic E-state index is 9.91. The van der Waals surface area contributed by atoms with Crippen LogP contribution in [0, 0.1) is 0 Å². The van der Waals surface area contributed by atoms with Crippen molar-refractivity contribution in [3.05, 3.63) is 81.8 Å². The molecule has 10 heteroatoms. The molecule has 6 rings (SSSR count). The normalized spacial score (nSPS) is 19.0. The smallest absolute Gasteiger partial charge is 0.218 e. The van der Waals surface area contributed by atoms with Gasteiger partial charge in [-0.15, -0.1) is 0 Å². The second kappa shape index (κ2) is 13.4. The van der Waals surface area contributed by atoms with Crippen LogP contribution < -0.4 is 9.47 Å². The summed E-state index contributed by atoms with van der Waals surface area (Å²) >= 11 is 14.1. The maximum absolute atomic E-state index is 9.91. The number of hydrogen-bond acceptors (Lipinski definition) is 8. The topological polar surface area (TPSA) is 91.2 Å². The van der Waals surface area contributed by atoms with Crippen molar-refractivity contribution in [1.82, 2.24) is 19.8 Å². The summed E-state index contributed by atoms with van der Waals surface area (Å²) in [6, 6.07) is 19.6. The second-order valence-corrected chi connectivity index (χ2v) is 12.2. The van der Waals surface area contributed by atoms with E-state index in [1.165, 1.54) is 0 Å². The summed E-state index contributed by atoms with van der Waals surface area (Å²) in [4.78, 5) is 14.0. The Morgan fingerprint density at radius 3 is 1.43 bits per heavy atom. The minimum Gasteiger partial charge on any atom is -0.481 e. The molecule has 0 amide bonds. The molecule has 0 bridgehead atoms. The minimum atomic E-state index is -0.284. The molecule has 44 heavy (non-hydrogen) atoms. The third kappa shape index (κ3) is 6.42. The average molecular weight is 636 g/mol. The fourth-order valence-corrected chi connectivity index (χ4v) is 6.75. The summed E-state index contributed by atoms with van der Waals surface area (Å²) in [6.45, 7) is 4.30. The molecule has 0 radical (unpaired) electrons. The van der Waals surface area contributed by atoms with E-state index in [0.717, 1.165) is 59.3 Å². The second-order valence-electron chi connectivity index (χ2n) is 11.4. The lowest BCUT2D eigenvalue weighted by Crippen LogP contribution is -2.22. The number of aliphatic hydroxyl groups is 2. The van der Waals surface area contributed by atoms with E-state index in [0.29, 0.717) is 59.4 Å². The Bertz CT molecular complexity index is 1530. The molecule has 2 aromatic heterocycles. The van der Waals surface area contributed by atoms with Crippen molar-refractivity contribution in [3.8, 4) is 45.4 Å². The molecule has 0 unspecified atom stereocenters. The summed E-state index contributed by atoms with van der Waals surface area (Å²) in [7, 11) is 3.23. The van der Waals surface area contributed by atoms with Crippen LogP contribution in [-0.2, 0) is 13.1 Å². The average Bonchev–Trinajstić information content (AvgIpc) is 3.64. The summed E-state index contributed by atoms with van der Waals surface area (Å²) in [5.41, 5.74) is 6.40. The number of aliphatic hydroxyl groups excluding tert-OH is 2. The Hall–Kier alpha value is -3.24. The summed E-state index contributed by atoms with van der Waals surface area (Å²) < 4.78 is 11.3. The quantitative estimate of drug-likeness (QED) is 0.234. The third-order valence-corrected chi connectivity index (χ3v) is 9.20. The van der Waals surface area contributed by atoms with Crippen molar-refractivity contribution in [2.75, 3.05) is 40.4 Å². The summed E-state index contributed by atoms with van der Waals surface area (Å²) in [6.07, 6.45) is 0.986. The molecule has 0 spiro atoms.